The highest BCUT2D eigenvalue weighted by atomic mass is 16.5. The van der Waals surface area contributed by atoms with E-state index in [2.05, 4.69) is 81.2 Å². The highest BCUT2D eigenvalue weighted by Crippen LogP contribution is 2.12. The maximum Gasteiger partial charge on any atom is 0.0934 e. The first-order chi connectivity index (χ1) is 23.3. The fraction of sp³-hybridized carbons (Fsp3) is 0.818. The van der Waals surface area contributed by atoms with E-state index < -0.39 is 0 Å². The molecule has 0 N–H and O–H groups in total. The van der Waals surface area contributed by atoms with Crippen molar-refractivity contribution in [2.45, 2.75) is 194 Å². The van der Waals surface area contributed by atoms with Gasteiger partial charge in [0.25, 0.3) is 0 Å². The molecule has 0 bridgehead atoms. The van der Waals surface area contributed by atoms with Crippen LogP contribution in [0.25, 0.3) is 0 Å². The molecule has 3 nitrogen and oxygen atoms in total. The van der Waals surface area contributed by atoms with Crippen LogP contribution in [0.4, 0.5) is 0 Å². The minimum absolute atomic E-state index is 0.249. The van der Waals surface area contributed by atoms with Gasteiger partial charge in [-0.2, -0.15) is 0 Å². The van der Waals surface area contributed by atoms with Gasteiger partial charge in [-0.25, -0.2) is 0 Å². The van der Waals surface area contributed by atoms with E-state index in [4.69, 9.17) is 9.47 Å². The number of hydrogen-bond donors (Lipinski definition) is 0. The molecule has 1 atom stereocenters. The summed E-state index contributed by atoms with van der Waals surface area (Å²) in [5, 5.41) is 0. The van der Waals surface area contributed by atoms with Crippen LogP contribution in [0.2, 0.25) is 0 Å². The average molecular weight is 658 g/mol. The average Bonchev–Trinajstić information content (AvgIpc) is 3.09. The molecule has 47 heavy (non-hydrogen) atoms. The SMILES string of the molecule is CC/C=C\C/C=C\CCCCC.CCCCC/C=C\C/C=C\CCCCCCCCOCC(CN1CCCCC1)OCCCCCC. The molecule has 0 radical (unpaired) electrons. The van der Waals surface area contributed by atoms with Crippen molar-refractivity contribution >= 4 is 0 Å². The standard InChI is InChI=1S/C32H61NO2.C12H22/c1-3-5-7-9-10-11-12-13-14-15-16-17-18-19-20-24-28-34-31-32(35-29-25-8-6-4-2)30-33-26-22-21-23-27-33;1-3-5-7-9-11-12-10-8-6-4-2/h10-11,13-14,32H,3-9,12,15-31H2,1-2H3;5,7,11-12H,3-4,6,8-10H2,1-2H3/b11-10-,14-13-;7-5-,12-11-. The Kier molecular flexibility index (Phi) is 40.0. The van der Waals surface area contributed by atoms with Crippen LogP contribution < -0.4 is 0 Å². The molecular formula is C44H83NO2. The van der Waals surface area contributed by atoms with Gasteiger partial charge in [0.05, 0.1) is 12.7 Å². The quantitative estimate of drug-likeness (QED) is 0.0531. The molecule has 1 fully saturated rings. The van der Waals surface area contributed by atoms with Gasteiger partial charge < -0.3 is 14.4 Å². The topological polar surface area (TPSA) is 21.7 Å². The molecule has 1 saturated heterocycles. The van der Waals surface area contributed by atoms with Crippen molar-refractivity contribution in [3.63, 3.8) is 0 Å². The zero-order valence-electron chi connectivity index (χ0n) is 32.4. The van der Waals surface area contributed by atoms with Crippen molar-refractivity contribution < 1.29 is 9.47 Å². The summed E-state index contributed by atoms with van der Waals surface area (Å²) < 4.78 is 12.3. The molecule has 3 heteroatoms. The van der Waals surface area contributed by atoms with Gasteiger partial charge >= 0.3 is 0 Å². The number of piperidine rings is 1. The fourth-order valence-corrected chi connectivity index (χ4v) is 5.84. The number of likely N-dealkylation sites (tertiary alicyclic amines) is 1. The zero-order valence-corrected chi connectivity index (χ0v) is 32.4. The van der Waals surface area contributed by atoms with Gasteiger partial charge in [-0.05, 0) is 96.6 Å². The van der Waals surface area contributed by atoms with E-state index in [1.807, 2.05) is 0 Å². The zero-order chi connectivity index (χ0) is 34.1. The first-order valence-electron chi connectivity index (χ1n) is 20.8. The summed E-state index contributed by atoms with van der Waals surface area (Å²) >= 11 is 0. The summed E-state index contributed by atoms with van der Waals surface area (Å²) in [6.45, 7) is 15.0. The first-order valence-corrected chi connectivity index (χ1v) is 20.8. The number of allylic oxidation sites excluding steroid dienone is 8. The Hall–Kier alpha value is -1.16. The lowest BCUT2D eigenvalue weighted by molar-refractivity contribution is -0.0363. The Bertz CT molecular complexity index is 691. The fourth-order valence-electron chi connectivity index (χ4n) is 5.84. The molecule has 1 heterocycles. The van der Waals surface area contributed by atoms with Crippen LogP contribution in [0, 0.1) is 0 Å². The summed E-state index contributed by atoms with van der Waals surface area (Å²) in [5.74, 6) is 0. The number of nitrogens with zero attached hydrogens (tertiary/aromatic N) is 1. The van der Waals surface area contributed by atoms with E-state index in [-0.39, 0.29) is 6.10 Å². The molecule has 0 amide bonds. The van der Waals surface area contributed by atoms with Crippen molar-refractivity contribution in [3.05, 3.63) is 48.6 Å². The summed E-state index contributed by atoms with van der Waals surface area (Å²) in [5.41, 5.74) is 0. The number of ether oxygens (including phenoxy) is 2. The van der Waals surface area contributed by atoms with Crippen LogP contribution in [0.15, 0.2) is 48.6 Å². The molecule has 0 saturated carbocycles. The first kappa shape index (κ1) is 45.8. The summed E-state index contributed by atoms with van der Waals surface area (Å²) in [7, 11) is 0. The van der Waals surface area contributed by atoms with Gasteiger partial charge in [-0.3, -0.25) is 0 Å². The van der Waals surface area contributed by atoms with Gasteiger partial charge in [-0.15, -0.1) is 0 Å². The van der Waals surface area contributed by atoms with Gasteiger partial charge in [0.15, 0.2) is 0 Å². The van der Waals surface area contributed by atoms with Crippen molar-refractivity contribution in [1.82, 2.24) is 4.90 Å². The minimum atomic E-state index is 0.249. The maximum absolute atomic E-state index is 6.25. The van der Waals surface area contributed by atoms with Crippen LogP contribution >= 0.6 is 0 Å². The third-order valence-corrected chi connectivity index (χ3v) is 8.87. The van der Waals surface area contributed by atoms with Gasteiger partial charge in [0, 0.05) is 19.8 Å². The summed E-state index contributed by atoms with van der Waals surface area (Å²) in [6.07, 6.45) is 50.9. The molecule has 0 spiro atoms. The largest absolute Gasteiger partial charge is 0.379 e. The summed E-state index contributed by atoms with van der Waals surface area (Å²) in [4.78, 5) is 2.59. The van der Waals surface area contributed by atoms with Crippen molar-refractivity contribution in [2.75, 3.05) is 39.5 Å². The third kappa shape index (κ3) is 37.5. The highest BCUT2D eigenvalue weighted by Gasteiger charge is 2.17. The van der Waals surface area contributed by atoms with Crippen LogP contribution in [0.1, 0.15) is 188 Å². The Balaban J connectivity index is 0.00000149. The minimum Gasteiger partial charge on any atom is -0.379 e. The van der Waals surface area contributed by atoms with E-state index in [1.165, 1.54) is 154 Å². The van der Waals surface area contributed by atoms with E-state index in [9.17, 15) is 0 Å². The molecule has 1 unspecified atom stereocenters. The lowest BCUT2D eigenvalue weighted by atomic mass is 10.1. The Morgan fingerprint density at radius 1 is 0.489 bits per heavy atom. The Morgan fingerprint density at radius 2 is 0.957 bits per heavy atom. The van der Waals surface area contributed by atoms with Crippen LogP contribution in [-0.4, -0.2) is 50.5 Å². The maximum atomic E-state index is 6.25. The molecule has 276 valence electrons. The monoisotopic (exact) mass is 658 g/mol. The molecular weight excluding hydrogens is 574 g/mol. The summed E-state index contributed by atoms with van der Waals surface area (Å²) in [6, 6.07) is 0. The highest BCUT2D eigenvalue weighted by molar-refractivity contribution is 4.93. The molecule has 1 aliphatic rings. The van der Waals surface area contributed by atoms with Crippen LogP contribution in [-0.2, 0) is 9.47 Å². The predicted octanol–water partition coefficient (Wildman–Crippen LogP) is 13.7. The van der Waals surface area contributed by atoms with Crippen molar-refractivity contribution in [1.29, 1.82) is 0 Å². The molecule has 0 aliphatic carbocycles. The molecule has 1 rings (SSSR count). The van der Waals surface area contributed by atoms with E-state index >= 15 is 0 Å². The second kappa shape index (κ2) is 41.0. The molecule has 1 aliphatic heterocycles. The van der Waals surface area contributed by atoms with Gasteiger partial charge in [-0.1, -0.05) is 153 Å². The second-order valence-electron chi connectivity index (χ2n) is 13.7. The van der Waals surface area contributed by atoms with Crippen LogP contribution in [0.5, 0.6) is 0 Å². The van der Waals surface area contributed by atoms with Crippen molar-refractivity contribution in [3.8, 4) is 0 Å². The van der Waals surface area contributed by atoms with E-state index in [0.717, 1.165) is 45.6 Å². The second-order valence-corrected chi connectivity index (χ2v) is 13.7. The number of hydrogen-bond acceptors (Lipinski definition) is 3. The molecule has 0 aromatic heterocycles. The molecule has 0 aromatic carbocycles. The van der Waals surface area contributed by atoms with E-state index in [1.54, 1.807) is 0 Å². The number of rotatable bonds is 32. The third-order valence-electron chi connectivity index (χ3n) is 8.87. The van der Waals surface area contributed by atoms with Gasteiger partial charge in [0.1, 0.15) is 0 Å². The lowest BCUT2D eigenvalue weighted by Gasteiger charge is -2.30. The Labute approximate surface area is 296 Å². The smallest absolute Gasteiger partial charge is 0.0934 e. The van der Waals surface area contributed by atoms with Gasteiger partial charge in [0.2, 0.25) is 0 Å². The normalized spacial score (nSPS) is 15.0. The molecule has 0 aromatic rings. The van der Waals surface area contributed by atoms with Crippen molar-refractivity contribution in [2.24, 2.45) is 0 Å². The van der Waals surface area contributed by atoms with E-state index in [0.29, 0.717) is 0 Å². The van der Waals surface area contributed by atoms with Crippen LogP contribution in [0.3, 0.4) is 0 Å². The number of unbranched alkanes of at least 4 members (excludes halogenated alkanes) is 15. The Morgan fingerprint density at radius 3 is 1.53 bits per heavy atom. The lowest BCUT2D eigenvalue weighted by Crippen LogP contribution is -2.39. The predicted molar refractivity (Wildman–Crippen MR) is 212 cm³/mol.